The molecule has 0 saturated carbocycles. The molecule has 1 amide bonds. The largest absolute Gasteiger partial charge is 0.324 e. The summed E-state index contributed by atoms with van der Waals surface area (Å²) >= 11 is 3.43. The molecule has 1 unspecified atom stereocenters. The Morgan fingerprint density at radius 2 is 2.25 bits per heavy atom. The molecule has 2 aromatic rings. The molecular weight excluding hydrogens is 320 g/mol. The van der Waals surface area contributed by atoms with Crippen molar-refractivity contribution < 1.29 is 4.79 Å². The number of nitrogens with zero attached hydrogens (tertiary/aromatic N) is 2. The molecular formula is C14H13BrN4O. The van der Waals surface area contributed by atoms with Gasteiger partial charge in [-0.05, 0) is 31.2 Å². The third-order valence-electron chi connectivity index (χ3n) is 3.17. The van der Waals surface area contributed by atoms with Gasteiger partial charge >= 0.3 is 0 Å². The highest BCUT2D eigenvalue weighted by Crippen LogP contribution is 2.33. The molecule has 1 aromatic heterocycles. The van der Waals surface area contributed by atoms with Crippen molar-refractivity contribution in [1.29, 1.82) is 0 Å². The second-order valence-electron chi connectivity index (χ2n) is 4.63. The van der Waals surface area contributed by atoms with Crippen molar-refractivity contribution in [3.8, 4) is 0 Å². The number of fused-ring (bicyclic) bond motifs is 1. The van der Waals surface area contributed by atoms with Crippen LogP contribution in [0.2, 0.25) is 0 Å². The molecule has 0 bridgehead atoms. The highest BCUT2D eigenvalue weighted by molar-refractivity contribution is 9.10. The number of rotatable bonds is 3. The van der Waals surface area contributed by atoms with Crippen molar-refractivity contribution in [2.45, 2.75) is 19.5 Å². The van der Waals surface area contributed by atoms with Crippen molar-refractivity contribution in [1.82, 2.24) is 15.3 Å². The van der Waals surface area contributed by atoms with Crippen LogP contribution in [0.5, 0.6) is 0 Å². The van der Waals surface area contributed by atoms with Crippen LogP contribution in [-0.2, 0) is 11.3 Å². The number of halogens is 1. The Balaban J connectivity index is 1.78. The van der Waals surface area contributed by atoms with Gasteiger partial charge in [0.15, 0.2) is 0 Å². The fraction of sp³-hybridized carbons (Fsp3) is 0.214. The van der Waals surface area contributed by atoms with Crippen LogP contribution in [0.1, 0.15) is 23.1 Å². The van der Waals surface area contributed by atoms with Crippen LogP contribution >= 0.6 is 15.9 Å². The van der Waals surface area contributed by atoms with Gasteiger partial charge in [0.25, 0.3) is 0 Å². The first-order valence-electron chi connectivity index (χ1n) is 6.26. The smallest absolute Gasteiger partial charge is 0.246 e. The summed E-state index contributed by atoms with van der Waals surface area (Å²) in [5, 5.41) is 6.10. The molecule has 3 rings (SSSR count). The summed E-state index contributed by atoms with van der Waals surface area (Å²) in [4.78, 5) is 20.4. The molecule has 0 fully saturated rings. The Morgan fingerprint density at radius 3 is 3.05 bits per heavy atom. The minimum absolute atomic E-state index is 0.0381. The standard InChI is InChI=1S/C14H13BrN4O/c1-8-16-5-4-10(18-8)7-17-13-11-6-9(15)2-3-12(11)19-14(13)20/h2-6,13,17H,7H2,1H3,(H,19,20). The van der Waals surface area contributed by atoms with Gasteiger partial charge in [0.2, 0.25) is 5.91 Å². The molecule has 0 saturated heterocycles. The van der Waals surface area contributed by atoms with Crippen LogP contribution in [0.3, 0.4) is 0 Å². The monoisotopic (exact) mass is 332 g/mol. The van der Waals surface area contributed by atoms with Gasteiger partial charge < -0.3 is 5.32 Å². The van der Waals surface area contributed by atoms with Crippen molar-refractivity contribution in [3.63, 3.8) is 0 Å². The summed E-state index contributed by atoms with van der Waals surface area (Å²) in [5.41, 5.74) is 2.68. The number of anilines is 1. The second kappa shape index (κ2) is 5.30. The van der Waals surface area contributed by atoms with Crippen LogP contribution in [0.25, 0.3) is 0 Å². The summed E-state index contributed by atoms with van der Waals surface area (Å²) in [6.07, 6.45) is 1.72. The van der Waals surface area contributed by atoms with Crippen molar-refractivity contribution in [2.75, 3.05) is 5.32 Å². The zero-order valence-electron chi connectivity index (χ0n) is 10.9. The lowest BCUT2D eigenvalue weighted by molar-refractivity contribution is -0.117. The average Bonchev–Trinajstić information content (AvgIpc) is 2.72. The van der Waals surface area contributed by atoms with Gasteiger partial charge in [-0.3, -0.25) is 10.1 Å². The number of hydrogen-bond donors (Lipinski definition) is 2. The number of aryl methyl sites for hydroxylation is 1. The van der Waals surface area contributed by atoms with Crippen LogP contribution in [0.15, 0.2) is 34.9 Å². The Morgan fingerprint density at radius 1 is 1.40 bits per heavy atom. The number of amides is 1. The predicted molar refractivity (Wildman–Crippen MR) is 79.1 cm³/mol. The Kier molecular flexibility index (Phi) is 3.50. The number of aromatic nitrogens is 2. The van der Waals surface area contributed by atoms with Gasteiger partial charge in [-0.2, -0.15) is 0 Å². The average molecular weight is 333 g/mol. The van der Waals surface area contributed by atoms with Crippen molar-refractivity contribution >= 4 is 27.5 Å². The molecule has 0 radical (unpaired) electrons. The van der Waals surface area contributed by atoms with E-state index in [1.165, 1.54) is 0 Å². The lowest BCUT2D eigenvalue weighted by atomic mass is 10.1. The number of hydrogen-bond acceptors (Lipinski definition) is 4. The lowest BCUT2D eigenvalue weighted by Crippen LogP contribution is -2.27. The summed E-state index contributed by atoms with van der Waals surface area (Å²) in [7, 11) is 0. The zero-order chi connectivity index (χ0) is 14.1. The van der Waals surface area contributed by atoms with Gasteiger partial charge in [0.1, 0.15) is 11.9 Å². The van der Waals surface area contributed by atoms with Crippen molar-refractivity contribution in [2.24, 2.45) is 0 Å². The fourth-order valence-corrected chi connectivity index (χ4v) is 2.62. The lowest BCUT2D eigenvalue weighted by Gasteiger charge is -2.11. The van der Waals surface area contributed by atoms with E-state index in [0.717, 1.165) is 27.2 Å². The summed E-state index contributed by atoms with van der Waals surface area (Å²) in [6.45, 7) is 2.37. The Labute approximate surface area is 125 Å². The normalized spacial score (nSPS) is 16.9. The molecule has 1 atom stereocenters. The van der Waals surface area contributed by atoms with Gasteiger partial charge in [0, 0.05) is 28.5 Å². The van der Waals surface area contributed by atoms with Crippen LogP contribution in [0, 0.1) is 6.92 Å². The minimum Gasteiger partial charge on any atom is -0.324 e. The zero-order valence-corrected chi connectivity index (χ0v) is 12.4. The molecule has 20 heavy (non-hydrogen) atoms. The first-order chi connectivity index (χ1) is 9.63. The molecule has 6 heteroatoms. The maximum atomic E-state index is 12.0. The Hall–Kier alpha value is -1.79. The van der Waals surface area contributed by atoms with E-state index in [0.29, 0.717) is 6.54 Å². The summed E-state index contributed by atoms with van der Waals surface area (Å²) in [5.74, 6) is 0.687. The van der Waals surface area contributed by atoms with Crippen LogP contribution in [0.4, 0.5) is 5.69 Å². The highest BCUT2D eigenvalue weighted by atomic mass is 79.9. The van der Waals surface area contributed by atoms with E-state index in [9.17, 15) is 4.79 Å². The molecule has 102 valence electrons. The molecule has 2 N–H and O–H groups in total. The molecule has 1 aromatic carbocycles. The molecule has 1 aliphatic heterocycles. The van der Waals surface area contributed by atoms with Gasteiger partial charge in [-0.1, -0.05) is 15.9 Å². The molecule has 0 aliphatic carbocycles. The third kappa shape index (κ3) is 2.57. The predicted octanol–water partition coefficient (Wildman–Crippen LogP) is 2.33. The van der Waals surface area contributed by atoms with Crippen molar-refractivity contribution in [3.05, 3.63) is 52.0 Å². The molecule has 5 nitrogen and oxygen atoms in total. The highest BCUT2D eigenvalue weighted by Gasteiger charge is 2.30. The number of carbonyl (C=O) groups excluding carboxylic acids is 1. The van der Waals surface area contributed by atoms with E-state index in [2.05, 4.69) is 36.5 Å². The fourth-order valence-electron chi connectivity index (χ4n) is 2.25. The number of benzene rings is 1. The van der Waals surface area contributed by atoms with E-state index in [-0.39, 0.29) is 11.9 Å². The maximum absolute atomic E-state index is 12.0. The minimum atomic E-state index is -0.349. The van der Waals surface area contributed by atoms with E-state index < -0.39 is 0 Å². The topological polar surface area (TPSA) is 66.9 Å². The summed E-state index contributed by atoms with van der Waals surface area (Å²) in [6, 6.07) is 7.26. The molecule has 1 aliphatic rings. The third-order valence-corrected chi connectivity index (χ3v) is 3.66. The summed E-state index contributed by atoms with van der Waals surface area (Å²) < 4.78 is 0.956. The van der Waals surface area contributed by atoms with Crippen LogP contribution < -0.4 is 10.6 Å². The van der Waals surface area contributed by atoms with E-state index in [1.807, 2.05) is 31.2 Å². The number of nitrogens with one attached hydrogen (secondary N) is 2. The van der Waals surface area contributed by atoms with Gasteiger partial charge in [-0.25, -0.2) is 9.97 Å². The van der Waals surface area contributed by atoms with E-state index >= 15 is 0 Å². The van der Waals surface area contributed by atoms with Gasteiger partial charge in [0.05, 0.1) is 5.69 Å². The second-order valence-corrected chi connectivity index (χ2v) is 5.55. The SMILES string of the molecule is Cc1nccc(CNC2C(=O)Nc3ccc(Br)cc32)n1. The first kappa shape index (κ1) is 13.2. The maximum Gasteiger partial charge on any atom is 0.246 e. The first-order valence-corrected chi connectivity index (χ1v) is 7.05. The molecule has 2 heterocycles. The Bertz CT molecular complexity index is 674. The van der Waals surface area contributed by atoms with E-state index in [4.69, 9.17) is 0 Å². The van der Waals surface area contributed by atoms with Gasteiger partial charge in [-0.15, -0.1) is 0 Å². The van der Waals surface area contributed by atoms with Crippen LogP contribution in [-0.4, -0.2) is 15.9 Å². The quantitative estimate of drug-likeness (QED) is 0.905. The molecule has 0 spiro atoms. The van der Waals surface area contributed by atoms with E-state index in [1.54, 1.807) is 6.20 Å². The number of carbonyl (C=O) groups is 1.